The molecule has 1 aromatic rings. The number of hydrogen-bond acceptors (Lipinski definition) is 3. The summed E-state index contributed by atoms with van der Waals surface area (Å²) in [4.78, 5) is 11.6. The van der Waals surface area contributed by atoms with Crippen molar-refractivity contribution in [2.24, 2.45) is 0 Å². The van der Waals surface area contributed by atoms with Crippen molar-refractivity contribution in [2.75, 3.05) is 5.32 Å². The third kappa shape index (κ3) is 4.10. The first-order valence-electron chi connectivity index (χ1n) is 5.12. The van der Waals surface area contributed by atoms with Crippen molar-refractivity contribution in [1.29, 1.82) is 5.26 Å². The van der Waals surface area contributed by atoms with Gasteiger partial charge in [0.05, 0.1) is 16.3 Å². The molecule has 96 valence electrons. The molecule has 6 heteroatoms. The molecular formula is C12H12Cl2N2O2. The van der Waals surface area contributed by atoms with Gasteiger partial charge in [0, 0.05) is 5.02 Å². The summed E-state index contributed by atoms with van der Waals surface area (Å²) >= 11 is 11.7. The van der Waals surface area contributed by atoms with Crippen LogP contribution in [0.1, 0.15) is 26.3 Å². The summed E-state index contributed by atoms with van der Waals surface area (Å²) in [5.74, 6) is 0. The lowest BCUT2D eigenvalue weighted by Crippen LogP contribution is -2.27. The fraction of sp³-hybridized carbons (Fsp3) is 0.333. The number of hydrogen-bond donors (Lipinski definition) is 1. The van der Waals surface area contributed by atoms with E-state index in [-0.39, 0.29) is 16.3 Å². The van der Waals surface area contributed by atoms with Crippen LogP contribution in [0.15, 0.2) is 12.1 Å². The second-order valence-electron chi connectivity index (χ2n) is 4.55. The van der Waals surface area contributed by atoms with Crippen molar-refractivity contribution in [3.8, 4) is 6.07 Å². The Balaban J connectivity index is 2.98. The van der Waals surface area contributed by atoms with Gasteiger partial charge in [0.2, 0.25) is 0 Å². The van der Waals surface area contributed by atoms with E-state index < -0.39 is 11.7 Å². The quantitative estimate of drug-likeness (QED) is 0.841. The van der Waals surface area contributed by atoms with Gasteiger partial charge in [-0.1, -0.05) is 23.2 Å². The first-order valence-corrected chi connectivity index (χ1v) is 5.87. The van der Waals surface area contributed by atoms with E-state index in [4.69, 9.17) is 33.2 Å². The maximum absolute atomic E-state index is 11.6. The molecule has 0 atom stereocenters. The van der Waals surface area contributed by atoms with Crippen LogP contribution < -0.4 is 5.32 Å². The summed E-state index contributed by atoms with van der Waals surface area (Å²) in [6.07, 6.45) is -0.669. The summed E-state index contributed by atoms with van der Waals surface area (Å²) in [6, 6.07) is 4.77. The molecule has 0 spiro atoms. The van der Waals surface area contributed by atoms with E-state index in [1.807, 2.05) is 6.07 Å². The van der Waals surface area contributed by atoms with Crippen molar-refractivity contribution >= 4 is 35.0 Å². The fourth-order valence-electron chi connectivity index (χ4n) is 1.20. The largest absolute Gasteiger partial charge is 0.444 e. The van der Waals surface area contributed by atoms with Crippen LogP contribution in [-0.2, 0) is 4.74 Å². The van der Waals surface area contributed by atoms with Crippen LogP contribution in [0.4, 0.5) is 10.5 Å². The summed E-state index contributed by atoms with van der Waals surface area (Å²) in [5, 5.41) is 11.9. The zero-order chi connectivity index (χ0) is 13.9. The van der Waals surface area contributed by atoms with E-state index >= 15 is 0 Å². The summed E-state index contributed by atoms with van der Waals surface area (Å²) < 4.78 is 5.08. The monoisotopic (exact) mass is 286 g/mol. The van der Waals surface area contributed by atoms with Gasteiger partial charge in [-0.2, -0.15) is 5.26 Å². The molecule has 1 amide bonds. The predicted octanol–water partition coefficient (Wildman–Crippen LogP) is 4.21. The van der Waals surface area contributed by atoms with Crippen molar-refractivity contribution in [2.45, 2.75) is 26.4 Å². The number of carbonyl (C=O) groups is 1. The maximum Gasteiger partial charge on any atom is 0.412 e. The number of carbonyl (C=O) groups excluding carboxylic acids is 1. The van der Waals surface area contributed by atoms with Crippen LogP contribution in [0, 0.1) is 11.3 Å². The predicted molar refractivity (Wildman–Crippen MR) is 71.0 cm³/mol. The number of nitrogens with one attached hydrogen (secondary N) is 1. The van der Waals surface area contributed by atoms with E-state index in [9.17, 15) is 4.79 Å². The number of nitriles is 1. The molecule has 0 aliphatic rings. The molecule has 0 saturated carbocycles. The minimum Gasteiger partial charge on any atom is -0.444 e. The minimum absolute atomic E-state index is 0.145. The topological polar surface area (TPSA) is 62.1 Å². The third-order valence-electron chi connectivity index (χ3n) is 1.80. The fourth-order valence-corrected chi connectivity index (χ4v) is 1.74. The molecule has 1 aromatic carbocycles. The third-order valence-corrected chi connectivity index (χ3v) is 2.32. The van der Waals surface area contributed by atoms with E-state index in [1.54, 1.807) is 20.8 Å². The smallest absolute Gasteiger partial charge is 0.412 e. The first-order chi connectivity index (χ1) is 8.23. The van der Waals surface area contributed by atoms with E-state index in [1.165, 1.54) is 12.1 Å². The highest BCUT2D eigenvalue weighted by Crippen LogP contribution is 2.28. The zero-order valence-corrected chi connectivity index (χ0v) is 11.7. The van der Waals surface area contributed by atoms with E-state index in [2.05, 4.69) is 5.32 Å². The van der Waals surface area contributed by atoms with Crippen LogP contribution in [-0.4, -0.2) is 11.7 Å². The summed E-state index contributed by atoms with van der Waals surface area (Å²) in [5.41, 5.74) is -0.254. The highest BCUT2D eigenvalue weighted by molar-refractivity contribution is 6.36. The Bertz CT molecular complexity index is 516. The van der Waals surface area contributed by atoms with Crippen LogP contribution in [0.25, 0.3) is 0 Å². The number of nitrogens with zero attached hydrogens (tertiary/aromatic N) is 1. The highest BCUT2D eigenvalue weighted by atomic mass is 35.5. The standard InChI is InChI=1S/C12H12Cl2N2O2/c1-12(2,3)18-11(17)16-10-5-7(13)4-9(14)8(10)6-15/h4-5H,1-3H3,(H,16,17). The molecule has 4 nitrogen and oxygen atoms in total. The molecule has 0 radical (unpaired) electrons. The molecule has 1 rings (SSSR count). The maximum atomic E-state index is 11.6. The summed E-state index contributed by atoms with van der Waals surface area (Å²) in [6.45, 7) is 5.22. The van der Waals surface area contributed by atoms with Crippen LogP contribution in [0.5, 0.6) is 0 Å². The zero-order valence-electron chi connectivity index (χ0n) is 10.2. The molecule has 0 bridgehead atoms. The lowest BCUT2D eigenvalue weighted by molar-refractivity contribution is 0.0636. The average Bonchev–Trinajstić information content (AvgIpc) is 2.13. The van der Waals surface area contributed by atoms with Crippen LogP contribution >= 0.6 is 23.2 Å². The molecule has 0 fully saturated rings. The highest BCUT2D eigenvalue weighted by Gasteiger charge is 2.18. The van der Waals surface area contributed by atoms with Gasteiger partial charge in [0.1, 0.15) is 11.7 Å². The Morgan fingerprint density at radius 3 is 2.50 bits per heavy atom. The molecule has 0 aromatic heterocycles. The van der Waals surface area contributed by atoms with Crippen molar-refractivity contribution in [1.82, 2.24) is 0 Å². The van der Waals surface area contributed by atoms with Crippen LogP contribution in [0.3, 0.4) is 0 Å². The lowest BCUT2D eigenvalue weighted by Gasteiger charge is -2.20. The van der Waals surface area contributed by atoms with Gasteiger partial charge in [-0.05, 0) is 32.9 Å². The summed E-state index contributed by atoms with van der Waals surface area (Å²) in [7, 11) is 0. The molecule has 1 N–H and O–H groups in total. The molecule has 0 aliphatic heterocycles. The molecule has 0 saturated heterocycles. The number of benzene rings is 1. The van der Waals surface area contributed by atoms with Crippen molar-refractivity contribution in [3.63, 3.8) is 0 Å². The van der Waals surface area contributed by atoms with Gasteiger partial charge in [-0.25, -0.2) is 4.79 Å². The first kappa shape index (κ1) is 14.6. The van der Waals surface area contributed by atoms with Crippen molar-refractivity contribution in [3.05, 3.63) is 27.7 Å². The Morgan fingerprint density at radius 2 is 2.00 bits per heavy atom. The number of rotatable bonds is 1. The SMILES string of the molecule is CC(C)(C)OC(=O)Nc1cc(Cl)cc(Cl)c1C#N. The molecular weight excluding hydrogens is 275 g/mol. The molecule has 0 aliphatic carbocycles. The average molecular weight is 287 g/mol. The van der Waals surface area contributed by atoms with Gasteiger partial charge in [-0.3, -0.25) is 5.32 Å². The van der Waals surface area contributed by atoms with Crippen LogP contribution in [0.2, 0.25) is 10.0 Å². The Morgan fingerprint density at radius 1 is 1.39 bits per heavy atom. The van der Waals surface area contributed by atoms with Gasteiger partial charge in [0.25, 0.3) is 0 Å². The Labute approximate surface area is 115 Å². The number of anilines is 1. The minimum atomic E-state index is -0.669. The van der Waals surface area contributed by atoms with Crippen molar-refractivity contribution < 1.29 is 9.53 Å². The Kier molecular flexibility index (Phi) is 4.44. The van der Waals surface area contributed by atoms with E-state index in [0.29, 0.717) is 5.02 Å². The van der Waals surface area contributed by atoms with Gasteiger partial charge in [0.15, 0.2) is 0 Å². The van der Waals surface area contributed by atoms with Gasteiger partial charge in [-0.15, -0.1) is 0 Å². The second kappa shape index (κ2) is 5.47. The second-order valence-corrected chi connectivity index (χ2v) is 5.39. The number of amides is 1. The van der Waals surface area contributed by atoms with Gasteiger partial charge < -0.3 is 4.74 Å². The van der Waals surface area contributed by atoms with Gasteiger partial charge >= 0.3 is 6.09 Å². The molecule has 18 heavy (non-hydrogen) atoms. The Hall–Kier alpha value is -1.44. The number of halogens is 2. The van der Waals surface area contributed by atoms with E-state index in [0.717, 1.165) is 0 Å². The number of ether oxygens (including phenoxy) is 1. The lowest BCUT2D eigenvalue weighted by atomic mass is 10.2. The molecule has 0 heterocycles. The molecule has 0 unspecified atom stereocenters. The normalized spacial score (nSPS) is 10.7.